The number of aromatic nitrogens is 2. The van der Waals surface area contributed by atoms with Gasteiger partial charge in [0, 0.05) is 24.2 Å². The second-order valence-electron chi connectivity index (χ2n) is 6.34. The van der Waals surface area contributed by atoms with Gasteiger partial charge in [0.05, 0.1) is 12.2 Å². The quantitative estimate of drug-likeness (QED) is 0.546. The van der Waals surface area contributed by atoms with Crippen LogP contribution >= 0.6 is 0 Å². The Bertz CT molecular complexity index is 642. The zero-order chi connectivity index (χ0) is 17.3. The van der Waals surface area contributed by atoms with E-state index in [0.29, 0.717) is 0 Å². The topological polar surface area (TPSA) is 117 Å². The third-order valence-corrected chi connectivity index (χ3v) is 4.65. The Labute approximate surface area is 134 Å². The minimum absolute atomic E-state index is 0.280. The fourth-order valence-corrected chi connectivity index (χ4v) is 2.97. The highest BCUT2D eigenvalue weighted by atomic mass is 16.5. The number of aliphatic hydroxyl groups excluding tert-OH is 2. The van der Waals surface area contributed by atoms with Crippen LogP contribution in [0.1, 0.15) is 33.9 Å². The fourth-order valence-electron chi connectivity index (χ4n) is 2.97. The molecule has 4 N–H and O–H groups in total. The molecule has 130 valence electrons. The number of aromatic amines is 1. The highest BCUT2D eigenvalue weighted by Crippen LogP contribution is 2.31. The molecular weight excluding hydrogens is 302 g/mol. The van der Waals surface area contributed by atoms with Gasteiger partial charge < -0.3 is 14.9 Å². The third-order valence-electron chi connectivity index (χ3n) is 4.65. The molecule has 0 spiro atoms. The molecule has 1 aliphatic heterocycles. The molecule has 1 saturated heterocycles. The second kappa shape index (κ2) is 6.96. The lowest BCUT2D eigenvalue weighted by atomic mass is 9.85. The summed E-state index contributed by atoms with van der Waals surface area (Å²) in [7, 11) is 0. The fraction of sp³-hybridized carbons (Fsp3) is 0.733. The van der Waals surface area contributed by atoms with Crippen molar-refractivity contribution in [2.45, 2.75) is 58.4 Å². The van der Waals surface area contributed by atoms with E-state index in [-0.39, 0.29) is 17.9 Å². The summed E-state index contributed by atoms with van der Waals surface area (Å²) >= 11 is 0. The minimum Gasteiger partial charge on any atom is -0.390 e. The maximum Gasteiger partial charge on any atom is 0.330 e. The summed E-state index contributed by atoms with van der Waals surface area (Å²) in [4.78, 5) is 25.6. The minimum atomic E-state index is -0.970. The van der Waals surface area contributed by atoms with Crippen LogP contribution in [0.15, 0.2) is 21.9 Å². The van der Waals surface area contributed by atoms with E-state index in [1.165, 1.54) is 16.8 Å². The van der Waals surface area contributed by atoms with E-state index in [1.54, 1.807) is 20.8 Å². The zero-order valence-corrected chi connectivity index (χ0v) is 13.8. The average Bonchev–Trinajstić information content (AvgIpc) is 2.51. The van der Waals surface area contributed by atoms with Crippen LogP contribution in [0.4, 0.5) is 0 Å². The molecule has 1 aromatic heterocycles. The number of aliphatic hydroxyl groups is 2. The van der Waals surface area contributed by atoms with Crippen LogP contribution < -0.4 is 16.6 Å². The van der Waals surface area contributed by atoms with E-state index >= 15 is 0 Å². The first-order valence-electron chi connectivity index (χ1n) is 7.81. The van der Waals surface area contributed by atoms with Crippen molar-refractivity contribution in [3.8, 4) is 0 Å². The highest BCUT2D eigenvalue weighted by Gasteiger charge is 2.38. The Morgan fingerprint density at radius 2 is 1.74 bits per heavy atom. The van der Waals surface area contributed by atoms with Gasteiger partial charge in [-0.1, -0.05) is 13.8 Å². The van der Waals surface area contributed by atoms with E-state index in [9.17, 15) is 19.8 Å². The smallest absolute Gasteiger partial charge is 0.330 e. The van der Waals surface area contributed by atoms with Crippen LogP contribution in [0.25, 0.3) is 0 Å². The molecule has 0 amide bonds. The summed E-state index contributed by atoms with van der Waals surface area (Å²) < 4.78 is 7.24. The number of H-pyrrole nitrogens is 1. The summed E-state index contributed by atoms with van der Waals surface area (Å²) in [5.41, 5.74) is -1.05. The molecule has 0 bridgehead atoms. The summed E-state index contributed by atoms with van der Waals surface area (Å²) in [6.07, 6.45) is -1.69. The maximum atomic E-state index is 12.1. The lowest BCUT2D eigenvalue weighted by Gasteiger charge is -2.33. The Morgan fingerprint density at radius 3 is 2.35 bits per heavy atom. The van der Waals surface area contributed by atoms with Crippen LogP contribution in [0, 0.1) is 11.8 Å². The standard InChI is InChI=1S/C15H25N3O5/c1-7-8(2)14(18-6-5-11(19)17-15(18)22)23-10(4)16-9(3)13(21)12(7)20/h5-10,12-14,16,20-21H,1-4H3,(H,17,19,22). The Balaban J connectivity index is 2.44. The van der Waals surface area contributed by atoms with Gasteiger partial charge in [0.1, 0.15) is 12.5 Å². The van der Waals surface area contributed by atoms with E-state index in [2.05, 4.69) is 10.3 Å². The van der Waals surface area contributed by atoms with Crippen molar-refractivity contribution < 1.29 is 14.9 Å². The molecule has 8 nitrogen and oxygen atoms in total. The summed E-state index contributed by atoms with van der Waals surface area (Å²) in [6, 6.07) is 0.876. The number of hydrogen-bond acceptors (Lipinski definition) is 6. The lowest BCUT2D eigenvalue weighted by Crippen LogP contribution is -2.49. The van der Waals surface area contributed by atoms with Crippen LogP contribution in [-0.4, -0.2) is 44.2 Å². The van der Waals surface area contributed by atoms with Crippen molar-refractivity contribution in [1.82, 2.24) is 14.9 Å². The average molecular weight is 327 g/mol. The molecule has 0 aromatic carbocycles. The summed E-state index contributed by atoms with van der Waals surface area (Å²) in [5, 5.41) is 23.7. The van der Waals surface area contributed by atoms with Gasteiger partial charge in [0.25, 0.3) is 5.56 Å². The molecule has 0 saturated carbocycles. The largest absolute Gasteiger partial charge is 0.390 e. The number of nitrogens with zero attached hydrogens (tertiary/aromatic N) is 1. The predicted octanol–water partition coefficient (Wildman–Crippen LogP) is -0.616. The highest BCUT2D eigenvalue weighted by molar-refractivity contribution is 4.90. The molecule has 0 aliphatic carbocycles. The van der Waals surface area contributed by atoms with E-state index in [4.69, 9.17) is 4.74 Å². The van der Waals surface area contributed by atoms with Gasteiger partial charge in [-0.3, -0.25) is 19.7 Å². The lowest BCUT2D eigenvalue weighted by molar-refractivity contribution is -0.107. The Kier molecular flexibility index (Phi) is 5.41. The van der Waals surface area contributed by atoms with Gasteiger partial charge in [-0.2, -0.15) is 0 Å². The third kappa shape index (κ3) is 3.72. The zero-order valence-electron chi connectivity index (χ0n) is 13.8. The van der Waals surface area contributed by atoms with Gasteiger partial charge in [-0.15, -0.1) is 0 Å². The first-order chi connectivity index (χ1) is 10.7. The van der Waals surface area contributed by atoms with Gasteiger partial charge >= 0.3 is 5.69 Å². The van der Waals surface area contributed by atoms with E-state index in [0.717, 1.165) is 0 Å². The molecule has 1 aromatic rings. The van der Waals surface area contributed by atoms with Crippen LogP contribution in [0.5, 0.6) is 0 Å². The SMILES string of the molecule is CC1NC(C)C(O)C(O)C(C)C(C)C(n2ccc(=O)[nH]c2=O)O1. The molecule has 8 heteroatoms. The number of nitrogens with one attached hydrogen (secondary N) is 2. The van der Waals surface area contributed by atoms with E-state index < -0.39 is 35.9 Å². The second-order valence-corrected chi connectivity index (χ2v) is 6.34. The van der Waals surface area contributed by atoms with Crippen molar-refractivity contribution in [3.05, 3.63) is 33.1 Å². The first kappa shape index (κ1) is 17.9. The summed E-state index contributed by atoms with van der Waals surface area (Å²) in [5.74, 6) is -0.610. The van der Waals surface area contributed by atoms with Crippen LogP contribution in [0.2, 0.25) is 0 Å². The first-order valence-corrected chi connectivity index (χ1v) is 7.81. The summed E-state index contributed by atoms with van der Waals surface area (Å²) in [6.45, 7) is 7.17. The maximum absolute atomic E-state index is 12.1. The molecule has 2 rings (SSSR count). The molecule has 7 unspecified atom stereocenters. The molecule has 1 fully saturated rings. The van der Waals surface area contributed by atoms with Crippen molar-refractivity contribution in [1.29, 1.82) is 0 Å². The normalized spacial score (nSPS) is 39.3. The van der Waals surface area contributed by atoms with Crippen LogP contribution in [0.3, 0.4) is 0 Å². The molecule has 0 radical (unpaired) electrons. The van der Waals surface area contributed by atoms with Gasteiger partial charge in [-0.05, 0) is 19.8 Å². The Hall–Kier alpha value is -1.48. The number of rotatable bonds is 1. The molecular formula is C15H25N3O5. The molecule has 23 heavy (non-hydrogen) atoms. The van der Waals surface area contributed by atoms with E-state index in [1.807, 2.05) is 6.92 Å². The van der Waals surface area contributed by atoms with Crippen molar-refractivity contribution in [2.24, 2.45) is 11.8 Å². The monoisotopic (exact) mass is 327 g/mol. The van der Waals surface area contributed by atoms with Crippen molar-refractivity contribution in [3.63, 3.8) is 0 Å². The van der Waals surface area contributed by atoms with Gasteiger partial charge in [-0.25, -0.2) is 4.79 Å². The van der Waals surface area contributed by atoms with Crippen molar-refractivity contribution in [2.75, 3.05) is 0 Å². The van der Waals surface area contributed by atoms with Gasteiger partial charge in [0.15, 0.2) is 0 Å². The van der Waals surface area contributed by atoms with Gasteiger partial charge in [0.2, 0.25) is 0 Å². The molecule has 2 heterocycles. The number of hydrogen-bond donors (Lipinski definition) is 4. The Morgan fingerprint density at radius 1 is 1.09 bits per heavy atom. The predicted molar refractivity (Wildman–Crippen MR) is 83.8 cm³/mol. The molecule has 7 atom stereocenters. The molecule has 1 aliphatic rings. The number of ether oxygens (including phenoxy) is 1. The van der Waals surface area contributed by atoms with Crippen molar-refractivity contribution >= 4 is 0 Å². The van der Waals surface area contributed by atoms with Crippen LogP contribution in [-0.2, 0) is 4.74 Å².